The van der Waals surface area contributed by atoms with Crippen LogP contribution in [0, 0.1) is 6.42 Å². The van der Waals surface area contributed by atoms with Crippen LogP contribution in [0.1, 0.15) is 0 Å². The average Bonchev–Trinajstić information content (AvgIpc) is 2.17. The first-order valence-electron chi connectivity index (χ1n) is 2.05. The van der Waals surface area contributed by atoms with Crippen molar-refractivity contribution in [1.82, 2.24) is 0 Å². The molecule has 1 fully saturated rings. The Hall–Kier alpha value is 0.390. The summed E-state index contributed by atoms with van der Waals surface area (Å²) in [5, 5.41) is 6.89. The Morgan fingerprint density at radius 3 is 1.89 bits per heavy atom. The first-order chi connectivity index (χ1) is 3.91. The minimum atomic E-state index is -0.250. The van der Waals surface area contributed by atoms with E-state index in [9.17, 15) is 0 Å². The molecule has 1 N–H and O–H groups in total. The van der Waals surface area contributed by atoms with E-state index in [1.165, 1.54) is 0 Å². The van der Waals surface area contributed by atoms with Crippen molar-refractivity contribution in [2.45, 2.75) is 0 Å². The van der Waals surface area contributed by atoms with E-state index >= 15 is 0 Å². The number of rotatable bonds is 0. The Morgan fingerprint density at radius 2 is 1.78 bits per heavy atom. The first-order valence-corrected chi connectivity index (χ1v) is 2.05. The van der Waals surface area contributed by atoms with Gasteiger partial charge in [0.05, 0.1) is 0 Å². The fourth-order valence-corrected chi connectivity index (χ4v) is 0.241. The second-order valence-corrected chi connectivity index (χ2v) is 0.963. The van der Waals surface area contributed by atoms with Gasteiger partial charge in [0.15, 0.2) is 0 Å². The van der Waals surface area contributed by atoms with Gasteiger partial charge in [-0.3, -0.25) is 21.0 Å². The zero-order chi connectivity index (χ0) is 6.24. The monoisotopic (exact) mass is 142 g/mol. The van der Waals surface area contributed by atoms with Crippen LogP contribution in [0.15, 0.2) is 0 Å². The molecule has 0 saturated carbocycles. The first kappa shape index (κ1) is 12.1. The number of hydrogen-bond donors (Lipinski definition) is 1. The summed E-state index contributed by atoms with van der Waals surface area (Å²) >= 11 is 0. The van der Waals surface area contributed by atoms with E-state index in [1.807, 2.05) is 6.42 Å². The Bertz CT molecular complexity index is 46.9. The van der Waals surface area contributed by atoms with Gasteiger partial charge in [-0.1, -0.05) is 0 Å². The molecule has 1 heterocycles. The Labute approximate surface area is 75.4 Å². The van der Waals surface area contributed by atoms with Gasteiger partial charge in [-0.05, 0) is 13.2 Å². The molecular formula is C4H7NaO4. The van der Waals surface area contributed by atoms with E-state index in [-0.39, 0.29) is 36.0 Å². The summed E-state index contributed by atoms with van der Waals surface area (Å²) in [7, 11) is 0. The molecule has 1 saturated heterocycles. The van der Waals surface area contributed by atoms with Gasteiger partial charge < -0.3 is 5.11 Å². The molecule has 9 heavy (non-hydrogen) atoms. The molecule has 0 aromatic carbocycles. The Kier molecular flexibility index (Phi) is 15.1. The minimum Gasteiger partial charge on any atom is -0.483 e. The second-order valence-electron chi connectivity index (χ2n) is 0.963. The molecule has 0 spiro atoms. The van der Waals surface area contributed by atoms with E-state index < -0.39 is 0 Å². The van der Waals surface area contributed by atoms with Crippen molar-refractivity contribution in [2.24, 2.45) is 0 Å². The summed E-state index contributed by atoms with van der Waals surface area (Å²) < 4.78 is 0. The number of hydrogen-bond acceptors (Lipinski definition) is 3. The van der Waals surface area contributed by atoms with Crippen LogP contribution in [0.4, 0.5) is 0 Å². The third kappa shape index (κ3) is 11.8. The summed E-state index contributed by atoms with van der Waals surface area (Å²) in [4.78, 5) is 17.1. The van der Waals surface area contributed by atoms with Crippen LogP contribution in [0.5, 0.6) is 0 Å². The molecular weight excluding hydrogens is 135 g/mol. The molecule has 0 aromatic heterocycles. The SMILES string of the molecule is O=CO.[CH-]1COOC1.[Na+]. The zero-order valence-corrected chi connectivity index (χ0v) is 7.24. The van der Waals surface area contributed by atoms with Crippen molar-refractivity contribution < 1.29 is 49.2 Å². The number of carboxylic acid groups (broad SMARTS) is 1. The molecule has 1 aliphatic heterocycles. The fraction of sp³-hybridized carbons (Fsp3) is 0.500. The maximum Gasteiger partial charge on any atom is 1.00 e. The average molecular weight is 142 g/mol. The van der Waals surface area contributed by atoms with Crippen molar-refractivity contribution >= 4 is 6.47 Å². The van der Waals surface area contributed by atoms with Crippen LogP contribution in [0.2, 0.25) is 0 Å². The maximum atomic E-state index is 8.36. The van der Waals surface area contributed by atoms with E-state index in [1.54, 1.807) is 0 Å². The molecule has 0 unspecified atom stereocenters. The second kappa shape index (κ2) is 11.2. The van der Waals surface area contributed by atoms with Gasteiger partial charge in [0.25, 0.3) is 6.47 Å². The van der Waals surface area contributed by atoms with Gasteiger partial charge in [-0.15, -0.1) is 0 Å². The van der Waals surface area contributed by atoms with Crippen molar-refractivity contribution in [1.29, 1.82) is 0 Å². The molecule has 1 aliphatic rings. The summed E-state index contributed by atoms with van der Waals surface area (Å²) in [6, 6.07) is 0. The maximum absolute atomic E-state index is 8.36. The van der Waals surface area contributed by atoms with E-state index in [2.05, 4.69) is 9.78 Å². The fourth-order valence-electron chi connectivity index (χ4n) is 0.241. The number of carbonyl (C=O) groups is 1. The van der Waals surface area contributed by atoms with Crippen LogP contribution in [-0.4, -0.2) is 24.8 Å². The third-order valence-corrected chi connectivity index (χ3v) is 0.455. The normalized spacial score (nSPS) is 14.7. The molecule has 5 heteroatoms. The van der Waals surface area contributed by atoms with Crippen molar-refractivity contribution in [2.75, 3.05) is 13.2 Å². The van der Waals surface area contributed by atoms with Crippen LogP contribution in [-0.2, 0) is 14.6 Å². The van der Waals surface area contributed by atoms with Gasteiger partial charge in [0, 0.05) is 0 Å². The van der Waals surface area contributed by atoms with Gasteiger partial charge in [0.2, 0.25) is 0 Å². The standard InChI is InChI=1S/C3H5O2.CH2O2.Na/c1-2-4-5-3-1;2-1-3;/h1H,2-3H2;1H,(H,2,3);/q-1;;+1. The largest absolute Gasteiger partial charge is 1.00 e. The van der Waals surface area contributed by atoms with Gasteiger partial charge >= 0.3 is 29.6 Å². The smallest absolute Gasteiger partial charge is 0.483 e. The van der Waals surface area contributed by atoms with Gasteiger partial charge in [-0.2, -0.15) is 0 Å². The van der Waals surface area contributed by atoms with Crippen molar-refractivity contribution in [3.8, 4) is 0 Å². The van der Waals surface area contributed by atoms with Crippen molar-refractivity contribution in [3.05, 3.63) is 6.42 Å². The zero-order valence-electron chi connectivity index (χ0n) is 5.24. The molecule has 1 rings (SSSR count). The molecule has 0 aliphatic carbocycles. The summed E-state index contributed by atoms with van der Waals surface area (Å²) in [6.45, 7) is 1.06. The summed E-state index contributed by atoms with van der Waals surface area (Å²) in [5.41, 5.74) is 0. The van der Waals surface area contributed by atoms with Crippen molar-refractivity contribution in [3.63, 3.8) is 0 Å². The Morgan fingerprint density at radius 1 is 1.44 bits per heavy atom. The summed E-state index contributed by atoms with van der Waals surface area (Å²) in [6.07, 6.45) is 1.92. The van der Waals surface area contributed by atoms with Gasteiger partial charge in [0.1, 0.15) is 0 Å². The molecule has 0 atom stereocenters. The molecule has 0 amide bonds. The molecule has 48 valence electrons. The van der Waals surface area contributed by atoms with Crippen LogP contribution < -0.4 is 29.6 Å². The quantitative estimate of drug-likeness (QED) is 0.168. The third-order valence-electron chi connectivity index (χ3n) is 0.455. The van der Waals surface area contributed by atoms with E-state index in [0.717, 1.165) is 0 Å². The molecule has 0 aromatic rings. The van der Waals surface area contributed by atoms with E-state index in [4.69, 9.17) is 9.90 Å². The molecule has 4 nitrogen and oxygen atoms in total. The molecule has 0 bridgehead atoms. The predicted molar refractivity (Wildman–Crippen MR) is 24.9 cm³/mol. The van der Waals surface area contributed by atoms with E-state index in [0.29, 0.717) is 13.2 Å². The predicted octanol–water partition coefficient (Wildman–Crippen LogP) is -3.14. The topological polar surface area (TPSA) is 55.8 Å². The Balaban J connectivity index is 0. The summed E-state index contributed by atoms with van der Waals surface area (Å²) in [5.74, 6) is 0. The van der Waals surface area contributed by atoms with Crippen LogP contribution in [0.3, 0.4) is 0 Å². The van der Waals surface area contributed by atoms with Crippen LogP contribution >= 0.6 is 0 Å². The molecule has 0 radical (unpaired) electrons. The minimum absolute atomic E-state index is 0. The van der Waals surface area contributed by atoms with Gasteiger partial charge in [-0.25, -0.2) is 0 Å². The van der Waals surface area contributed by atoms with Crippen LogP contribution in [0.25, 0.3) is 0 Å².